The highest BCUT2D eigenvalue weighted by Crippen LogP contribution is 2.42. The van der Waals surface area contributed by atoms with Crippen molar-refractivity contribution < 1.29 is 9.59 Å². The molecule has 1 N–H and O–H groups in total. The Kier molecular flexibility index (Phi) is 4.95. The minimum absolute atomic E-state index is 0.148. The molecule has 4 heterocycles. The molecule has 0 atom stereocenters. The molecule has 1 saturated heterocycles. The fourth-order valence-electron chi connectivity index (χ4n) is 4.62. The molecule has 2 amide bonds. The Morgan fingerprint density at radius 2 is 2.00 bits per heavy atom. The van der Waals surface area contributed by atoms with Crippen molar-refractivity contribution in [1.29, 1.82) is 0 Å². The van der Waals surface area contributed by atoms with Crippen LogP contribution in [0.4, 0.5) is 0 Å². The fourth-order valence-corrected chi connectivity index (χ4v) is 4.62. The molecule has 2 aliphatic rings. The van der Waals surface area contributed by atoms with E-state index in [2.05, 4.69) is 15.1 Å². The van der Waals surface area contributed by atoms with Crippen LogP contribution in [0.2, 0.25) is 0 Å². The molecule has 150 valence electrons. The molecule has 1 spiro atoms. The highest BCUT2D eigenvalue weighted by atomic mass is 16.2. The average Bonchev–Trinajstić information content (AvgIpc) is 3.36. The van der Waals surface area contributed by atoms with Gasteiger partial charge in [-0.2, -0.15) is 5.10 Å². The number of fused-ring (bicyclic) bond motifs is 2. The van der Waals surface area contributed by atoms with E-state index >= 15 is 0 Å². The Labute approximate surface area is 164 Å². The number of likely N-dealkylation sites (tertiary alicyclic amines) is 1. The summed E-state index contributed by atoms with van der Waals surface area (Å²) in [4.78, 5) is 37.1. The van der Waals surface area contributed by atoms with Gasteiger partial charge in [-0.15, -0.1) is 0 Å². The molecule has 8 heteroatoms. The summed E-state index contributed by atoms with van der Waals surface area (Å²) in [7, 11) is 0. The van der Waals surface area contributed by atoms with Crippen LogP contribution in [0.5, 0.6) is 0 Å². The predicted molar refractivity (Wildman–Crippen MR) is 103 cm³/mol. The van der Waals surface area contributed by atoms with Gasteiger partial charge in [0.15, 0.2) is 0 Å². The van der Waals surface area contributed by atoms with Crippen LogP contribution in [-0.2, 0) is 28.1 Å². The number of carbonyl (C=O) groups is 2. The summed E-state index contributed by atoms with van der Waals surface area (Å²) in [6, 6.07) is 0. The topological polar surface area (TPSA) is 87.1 Å². The van der Waals surface area contributed by atoms with Gasteiger partial charge in [0, 0.05) is 57.3 Å². The molecule has 4 rings (SSSR count). The van der Waals surface area contributed by atoms with Crippen LogP contribution in [0.1, 0.15) is 49.6 Å². The van der Waals surface area contributed by atoms with Gasteiger partial charge in [-0.25, -0.2) is 4.98 Å². The minimum Gasteiger partial charge on any atom is -0.348 e. The maximum atomic E-state index is 12.7. The molecule has 0 aliphatic carbocycles. The number of H-pyrrole nitrogens is 1. The summed E-state index contributed by atoms with van der Waals surface area (Å²) in [6.45, 7) is 6.51. The summed E-state index contributed by atoms with van der Waals surface area (Å²) in [5, 5.41) is 4.25. The third-order valence-corrected chi connectivity index (χ3v) is 6.13. The van der Waals surface area contributed by atoms with Crippen molar-refractivity contribution in [1.82, 2.24) is 29.5 Å². The van der Waals surface area contributed by atoms with Crippen molar-refractivity contribution in [2.75, 3.05) is 19.6 Å². The number of hydrogen-bond donors (Lipinski definition) is 1. The second kappa shape index (κ2) is 7.41. The van der Waals surface area contributed by atoms with Crippen molar-refractivity contribution in [2.45, 2.75) is 58.0 Å². The van der Waals surface area contributed by atoms with Gasteiger partial charge >= 0.3 is 0 Å². The van der Waals surface area contributed by atoms with Crippen LogP contribution < -0.4 is 0 Å². The molecule has 2 aromatic rings. The Morgan fingerprint density at radius 3 is 2.68 bits per heavy atom. The second-order valence-electron chi connectivity index (χ2n) is 7.82. The Morgan fingerprint density at radius 1 is 1.21 bits per heavy atom. The van der Waals surface area contributed by atoms with Crippen LogP contribution >= 0.6 is 0 Å². The monoisotopic (exact) mass is 384 g/mol. The van der Waals surface area contributed by atoms with Gasteiger partial charge in [-0.3, -0.25) is 14.3 Å². The number of hydrogen-bond acceptors (Lipinski definition) is 4. The largest absolute Gasteiger partial charge is 0.348 e. The van der Waals surface area contributed by atoms with E-state index in [1.165, 1.54) is 0 Å². The first-order chi connectivity index (χ1) is 13.5. The summed E-state index contributed by atoms with van der Waals surface area (Å²) < 4.78 is 1.82. The number of piperidine rings is 1. The number of nitrogens with zero attached hydrogens (tertiary/aromatic N) is 5. The van der Waals surface area contributed by atoms with Crippen LogP contribution in [0.15, 0.2) is 18.7 Å². The van der Waals surface area contributed by atoms with Gasteiger partial charge in [-0.1, -0.05) is 6.92 Å². The van der Waals surface area contributed by atoms with Crippen molar-refractivity contribution in [3.63, 3.8) is 0 Å². The number of aromatic nitrogens is 4. The van der Waals surface area contributed by atoms with E-state index in [1.807, 2.05) is 34.5 Å². The highest BCUT2D eigenvalue weighted by Gasteiger charge is 2.48. The number of rotatable bonds is 4. The Bertz CT molecular complexity index is 862. The van der Waals surface area contributed by atoms with Crippen molar-refractivity contribution >= 4 is 11.8 Å². The number of nitrogens with one attached hydrogen (secondary N) is 1. The molecule has 0 aromatic carbocycles. The first-order valence-electron chi connectivity index (χ1n) is 10.1. The number of amides is 2. The molecule has 2 aromatic heterocycles. The molecule has 0 bridgehead atoms. The highest BCUT2D eigenvalue weighted by molar-refractivity contribution is 5.78. The van der Waals surface area contributed by atoms with Crippen molar-refractivity contribution in [3.8, 4) is 0 Å². The van der Waals surface area contributed by atoms with E-state index in [1.54, 1.807) is 12.5 Å². The zero-order valence-corrected chi connectivity index (χ0v) is 16.6. The molecular weight excluding hydrogens is 356 g/mol. The Balaban J connectivity index is 1.45. The van der Waals surface area contributed by atoms with Gasteiger partial charge in [0.25, 0.3) is 0 Å². The zero-order valence-electron chi connectivity index (χ0n) is 16.6. The SMILES string of the molecule is CCC(=O)N1CCc2[nH]cnc2C12CCN(C(=O)CCn1cc(C)cn1)CC2. The van der Waals surface area contributed by atoms with E-state index < -0.39 is 0 Å². The third kappa shape index (κ3) is 3.21. The van der Waals surface area contributed by atoms with E-state index in [9.17, 15) is 9.59 Å². The molecule has 0 saturated carbocycles. The average molecular weight is 384 g/mol. The molecule has 8 nitrogen and oxygen atoms in total. The van der Waals surface area contributed by atoms with Crippen LogP contribution in [0.3, 0.4) is 0 Å². The van der Waals surface area contributed by atoms with E-state index in [0.29, 0.717) is 39.0 Å². The number of aryl methyl sites for hydroxylation is 2. The molecule has 28 heavy (non-hydrogen) atoms. The van der Waals surface area contributed by atoms with Crippen molar-refractivity contribution in [3.05, 3.63) is 35.7 Å². The maximum absolute atomic E-state index is 12.7. The molecule has 0 unspecified atom stereocenters. The number of aromatic amines is 1. The van der Waals surface area contributed by atoms with Gasteiger partial charge in [0.1, 0.15) is 0 Å². The van der Waals surface area contributed by atoms with Gasteiger partial charge in [0.05, 0.1) is 23.8 Å². The molecule has 2 aliphatic heterocycles. The predicted octanol–water partition coefficient (Wildman–Crippen LogP) is 1.62. The summed E-state index contributed by atoms with van der Waals surface area (Å²) in [5.74, 6) is 0.317. The summed E-state index contributed by atoms with van der Waals surface area (Å²) in [5.41, 5.74) is 2.85. The number of imidazole rings is 1. The lowest BCUT2D eigenvalue weighted by Gasteiger charge is -2.50. The van der Waals surface area contributed by atoms with Crippen LogP contribution in [-0.4, -0.2) is 61.0 Å². The summed E-state index contributed by atoms with van der Waals surface area (Å²) in [6.07, 6.45) is 8.72. The first-order valence-corrected chi connectivity index (χ1v) is 10.1. The lowest BCUT2D eigenvalue weighted by molar-refractivity contribution is -0.144. The van der Waals surface area contributed by atoms with Crippen LogP contribution in [0.25, 0.3) is 0 Å². The standard InChI is InChI=1S/C20H28N6O2/c1-3-17(27)26-9-4-16-19(22-14-21-16)20(26)6-10-24(11-7-20)18(28)5-8-25-13-15(2)12-23-25/h12-14H,3-11H2,1-2H3,(H,21,22). The lowest BCUT2D eigenvalue weighted by atomic mass is 9.78. The van der Waals surface area contributed by atoms with Gasteiger partial charge in [0.2, 0.25) is 11.8 Å². The van der Waals surface area contributed by atoms with Crippen LogP contribution in [0, 0.1) is 6.92 Å². The number of carbonyl (C=O) groups excluding carboxylic acids is 2. The van der Waals surface area contributed by atoms with E-state index in [-0.39, 0.29) is 17.4 Å². The maximum Gasteiger partial charge on any atom is 0.224 e. The smallest absolute Gasteiger partial charge is 0.224 e. The molecular formula is C20H28N6O2. The Hall–Kier alpha value is -2.64. The molecule has 1 fully saturated rings. The van der Waals surface area contributed by atoms with Crippen molar-refractivity contribution in [2.24, 2.45) is 0 Å². The minimum atomic E-state index is -0.378. The van der Waals surface area contributed by atoms with Gasteiger partial charge < -0.3 is 14.8 Å². The second-order valence-corrected chi connectivity index (χ2v) is 7.82. The normalized spacial score (nSPS) is 18.4. The van der Waals surface area contributed by atoms with Gasteiger partial charge in [-0.05, 0) is 25.3 Å². The van der Waals surface area contributed by atoms with E-state index in [0.717, 1.165) is 36.2 Å². The molecule has 0 radical (unpaired) electrons. The lowest BCUT2D eigenvalue weighted by Crippen LogP contribution is -2.58. The summed E-state index contributed by atoms with van der Waals surface area (Å²) >= 11 is 0. The zero-order chi connectivity index (χ0) is 19.7. The van der Waals surface area contributed by atoms with E-state index in [4.69, 9.17) is 0 Å². The quantitative estimate of drug-likeness (QED) is 0.868. The first kappa shape index (κ1) is 18.7. The fraction of sp³-hybridized carbons (Fsp3) is 0.600. The third-order valence-electron chi connectivity index (χ3n) is 6.13.